The number of ether oxygens (including phenoxy) is 1. The van der Waals surface area contributed by atoms with Gasteiger partial charge in [-0.15, -0.1) is 11.3 Å². The molecule has 186 valence electrons. The van der Waals surface area contributed by atoms with Crippen molar-refractivity contribution in [2.75, 3.05) is 19.6 Å². The van der Waals surface area contributed by atoms with Gasteiger partial charge in [0.2, 0.25) is 5.78 Å². The summed E-state index contributed by atoms with van der Waals surface area (Å²) in [6.45, 7) is 7.43. The molecule has 5 heteroatoms. The van der Waals surface area contributed by atoms with E-state index in [2.05, 4.69) is 17.0 Å². The Hall–Kier alpha value is -3.15. The molecule has 1 N–H and O–H groups in total. The second-order valence-corrected chi connectivity index (χ2v) is 10.8. The first-order valence-corrected chi connectivity index (χ1v) is 13.7. The van der Waals surface area contributed by atoms with Crippen LogP contribution in [0.2, 0.25) is 0 Å². The zero-order valence-electron chi connectivity index (χ0n) is 21.0. The Kier molecular flexibility index (Phi) is 7.40. The zero-order valence-corrected chi connectivity index (χ0v) is 21.9. The van der Waals surface area contributed by atoms with Crippen molar-refractivity contribution in [1.29, 1.82) is 0 Å². The lowest BCUT2D eigenvalue weighted by Gasteiger charge is -2.19. The molecule has 1 fully saturated rings. The normalized spacial score (nSPS) is 14.6. The highest BCUT2D eigenvalue weighted by atomic mass is 32.1. The summed E-state index contributed by atoms with van der Waals surface area (Å²) >= 11 is 1.37. The van der Waals surface area contributed by atoms with Crippen LogP contribution < -0.4 is 4.74 Å². The molecule has 0 aliphatic carbocycles. The number of phenols is 1. The molecular weight excluding hydrogens is 466 g/mol. The maximum atomic E-state index is 13.7. The van der Waals surface area contributed by atoms with Gasteiger partial charge in [-0.3, -0.25) is 4.79 Å². The molecule has 1 aromatic heterocycles. The fourth-order valence-corrected chi connectivity index (χ4v) is 6.20. The Morgan fingerprint density at radius 2 is 1.64 bits per heavy atom. The van der Waals surface area contributed by atoms with Gasteiger partial charge in [-0.05, 0) is 93.2 Å². The van der Waals surface area contributed by atoms with E-state index in [4.69, 9.17) is 4.74 Å². The summed E-state index contributed by atoms with van der Waals surface area (Å²) in [5.74, 6) is 1.39. The molecule has 0 bridgehead atoms. The lowest BCUT2D eigenvalue weighted by atomic mass is 9.98. The predicted molar refractivity (Wildman–Crippen MR) is 148 cm³/mol. The van der Waals surface area contributed by atoms with Crippen molar-refractivity contribution < 1.29 is 14.6 Å². The number of hydrogen-bond acceptors (Lipinski definition) is 5. The topological polar surface area (TPSA) is 49.8 Å². The molecule has 0 amide bonds. The third kappa shape index (κ3) is 5.32. The average molecular weight is 500 g/mol. The van der Waals surface area contributed by atoms with Gasteiger partial charge in [0.05, 0.1) is 0 Å². The number of benzene rings is 3. The van der Waals surface area contributed by atoms with E-state index in [1.165, 1.54) is 55.7 Å². The van der Waals surface area contributed by atoms with E-state index in [0.29, 0.717) is 21.9 Å². The molecule has 0 saturated carbocycles. The number of thiophene rings is 1. The van der Waals surface area contributed by atoms with Gasteiger partial charge in [-0.2, -0.15) is 0 Å². The Morgan fingerprint density at radius 3 is 2.33 bits per heavy atom. The molecule has 5 rings (SSSR count). The van der Waals surface area contributed by atoms with E-state index in [-0.39, 0.29) is 11.5 Å². The number of fused-ring (bicyclic) bond motifs is 1. The fourth-order valence-electron chi connectivity index (χ4n) is 5.09. The summed E-state index contributed by atoms with van der Waals surface area (Å²) in [5, 5.41) is 10.9. The predicted octanol–water partition coefficient (Wildman–Crippen LogP) is 7.67. The van der Waals surface area contributed by atoms with E-state index in [1.54, 1.807) is 12.1 Å². The number of aromatic hydroxyl groups is 1. The largest absolute Gasteiger partial charge is 0.508 e. The molecule has 0 atom stereocenters. The molecule has 4 nitrogen and oxygen atoms in total. The number of carbonyl (C=O) groups excluding carboxylic acids is 1. The van der Waals surface area contributed by atoms with Crippen LogP contribution >= 0.6 is 11.3 Å². The van der Waals surface area contributed by atoms with E-state index < -0.39 is 0 Å². The van der Waals surface area contributed by atoms with Gasteiger partial charge in [0.1, 0.15) is 16.4 Å². The Morgan fingerprint density at radius 1 is 0.944 bits per heavy atom. The molecule has 4 aromatic rings. The van der Waals surface area contributed by atoms with Gasteiger partial charge in [0.15, 0.2) is 5.75 Å². The first-order chi connectivity index (χ1) is 17.5. The molecule has 2 heterocycles. The lowest BCUT2D eigenvalue weighted by molar-refractivity contribution is 0.103. The molecule has 1 aliphatic rings. The van der Waals surface area contributed by atoms with E-state index >= 15 is 0 Å². The second kappa shape index (κ2) is 10.9. The number of hydrogen-bond donors (Lipinski definition) is 1. The Labute approximate surface area is 217 Å². The number of likely N-dealkylation sites (tertiary alicyclic amines) is 1. The third-order valence-corrected chi connectivity index (χ3v) is 8.23. The smallest absolute Gasteiger partial charge is 0.207 e. The van der Waals surface area contributed by atoms with Crippen molar-refractivity contribution in [1.82, 2.24) is 4.90 Å². The number of ketones is 1. The fraction of sp³-hybridized carbons (Fsp3) is 0.323. The molecule has 36 heavy (non-hydrogen) atoms. The molecule has 0 spiro atoms. The highest BCUT2D eigenvalue weighted by Gasteiger charge is 2.24. The molecule has 3 aromatic carbocycles. The molecule has 1 saturated heterocycles. The van der Waals surface area contributed by atoms with Crippen molar-refractivity contribution in [2.45, 2.75) is 46.0 Å². The number of carbonyl (C=O) groups is 1. The quantitative estimate of drug-likeness (QED) is 0.265. The van der Waals surface area contributed by atoms with Crippen LogP contribution in [0, 0.1) is 13.8 Å². The summed E-state index contributed by atoms with van der Waals surface area (Å²) in [4.78, 5) is 16.9. The standard InChI is InChI=1S/C31H33NO3S/c1-21-8-7-9-22(2)28(21)29(34)31-30(26-15-12-24(33)20-27(26)36-31)35-25-13-10-23(11-14-25)16-19-32-17-5-3-4-6-18-32/h7-15,20,33H,3-6,16-19H2,1-2H3. The monoisotopic (exact) mass is 499 g/mol. The number of phenolic OH excluding ortho intramolecular Hbond substituents is 1. The van der Waals surface area contributed by atoms with Gasteiger partial charge in [-0.25, -0.2) is 0 Å². The Bertz CT molecular complexity index is 1340. The lowest BCUT2D eigenvalue weighted by Crippen LogP contribution is -2.26. The van der Waals surface area contributed by atoms with Crippen molar-refractivity contribution in [3.8, 4) is 17.2 Å². The minimum atomic E-state index is -0.0460. The first kappa shape index (κ1) is 24.5. The van der Waals surface area contributed by atoms with Crippen LogP contribution in [0.25, 0.3) is 10.1 Å². The van der Waals surface area contributed by atoms with Gasteiger partial charge in [0.25, 0.3) is 0 Å². The van der Waals surface area contributed by atoms with Crippen molar-refractivity contribution in [3.05, 3.63) is 87.8 Å². The van der Waals surface area contributed by atoms with Crippen LogP contribution in [0.4, 0.5) is 0 Å². The summed E-state index contributed by atoms with van der Waals surface area (Å²) in [7, 11) is 0. The summed E-state index contributed by atoms with van der Waals surface area (Å²) in [6.07, 6.45) is 6.35. The minimum absolute atomic E-state index is 0.0460. The summed E-state index contributed by atoms with van der Waals surface area (Å²) < 4.78 is 7.22. The zero-order chi connectivity index (χ0) is 25.1. The summed E-state index contributed by atoms with van der Waals surface area (Å²) in [6, 6.07) is 19.3. The van der Waals surface area contributed by atoms with Crippen LogP contribution in [0.15, 0.2) is 60.7 Å². The maximum absolute atomic E-state index is 13.7. The SMILES string of the molecule is Cc1cccc(C)c1C(=O)c1sc2cc(O)ccc2c1Oc1ccc(CCN2CCCCCC2)cc1. The number of nitrogens with zero attached hydrogens (tertiary/aromatic N) is 1. The minimum Gasteiger partial charge on any atom is -0.508 e. The van der Waals surface area contributed by atoms with Crippen LogP contribution in [-0.4, -0.2) is 35.4 Å². The Balaban J connectivity index is 1.41. The highest BCUT2D eigenvalue weighted by Crippen LogP contribution is 2.43. The number of rotatable bonds is 7. The number of aryl methyl sites for hydroxylation is 2. The highest BCUT2D eigenvalue weighted by molar-refractivity contribution is 7.21. The van der Waals surface area contributed by atoms with Gasteiger partial charge in [-0.1, -0.05) is 43.2 Å². The third-order valence-electron chi connectivity index (χ3n) is 7.10. The van der Waals surface area contributed by atoms with Crippen LogP contribution in [0.1, 0.15) is 57.6 Å². The van der Waals surface area contributed by atoms with Crippen molar-refractivity contribution in [2.24, 2.45) is 0 Å². The van der Waals surface area contributed by atoms with Gasteiger partial charge >= 0.3 is 0 Å². The van der Waals surface area contributed by atoms with E-state index in [9.17, 15) is 9.90 Å². The van der Waals surface area contributed by atoms with E-state index in [1.807, 2.05) is 50.2 Å². The van der Waals surface area contributed by atoms with Crippen LogP contribution in [0.5, 0.6) is 17.2 Å². The van der Waals surface area contributed by atoms with Gasteiger partial charge in [0, 0.05) is 22.2 Å². The maximum Gasteiger partial charge on any atom is 0.207 e. The molecule has 0 unspecified atom stereocenters. The second-order valence-electron chi connectivity index (χ2n) is 9.79. The molecule has 1 aliphatic heterocycles. The van der Waals surface area contributed by atoms with Crippen LogP contribution in [0.3, 0.4) is 0 Å². The van der Waals surface area contributed by atoms with Crippen molar-refractivity contribution >= 4 is 27.2 Å². The van der Waals surface area contributed by atoms with Crippen LogP contribution in [-0.2, 0) is 6.42 Å². The summed E-state index contributed by atoms with van der Waals surface area (Å²) in [5.41, 5.74) is 3.89. The van der Waals surface area contributed by atoms with Crippen molar-refractivity contribution in [3.63, 3.8) is 0 Å². The molecule has 0 radical (unpaired) electrons. The first-order valence-electron chi connectivity index (χ1n) is 12.8. The molecular formula is C31H33NO3S. The van der Waals surface area contributed by atoms with E-state index in [0.717, 1.165) is 34.2 Å². The van der Waals surface area contributed by atoms with Gasteiger partial charge < -0.3 is 14.7 Å². The average Bonchev–Trinajstić information content (AvgIpc) is 3.02.